The first-order valence-corrected chi connectivity index (χ1v) is 8.24. The highest BCUT2D eigenvalue weighted by atomic mass is 16.5. The Morgan fingerprint density at radius 1 is 1.09 bits per heavy atom. The van der Waals surface area contributed by atoms with Crippen LogP contribution in [0.3, 0.4) is 0 Å². The fourth-order valence-electron chi connectivity index (χ4n) is 3.38. The van der Waals surface area contributed by atoms with Crippen molar-refractivity contribution >= 4 is 0 Å². The van der Waals surface area contributed by atoms with Crippen LogP contribution in [0.2, 0.25) is 0 Å². The lowest BCUT2D eigenvalue weighted by atomic mass is 9.83. The van der Waals surface area contributed by atoms with Gasteiger partial charge in [-0.3, -0.25) is 4.90 Å². The molecule has 0 aromatic heterocycles. The summed E-state index contributed by atoms with van der Waals surface area (Å²) in [7, 11) is 1.68. The van der Waals surface area contributed by atoms with Gasteiger partial charge < -0.3 is 9.84 Å². The molecule has 1 aliphatic heterocycles. The van der Waals surface area contributed by atoms with Gasteiger partial charge in [0.25, 0.3) is 0 Å². The first kappa shape index (κ1) is 16.0. The number of hydrogen-bond acceptors (Lipinski definition) is 3. The Balaban J connectivity index is 1.66. The van der Waals surface area contributed by atoms with Crippen LogP contribution in [0.1, 0.15) is 29.5 Å². The van der Waals surface area contributed by atoms with E-state index in [4.69, 9.17) is 4.74 Å². The quantitative estimate of drug-likeness (QED) is 0.938. The van der Waals surface area contributed by atoms with Crippen molar-refractivity contribution in [3.05, 3.63) is 65.2 Å². The Bertz CT molecular complexity index is 646. The average molecular weight is 311 g/mol. The van der Waals surface area contributed by atoms with Crippen LogP contribution in [-0.2, 0) is 12.1 Å². The molecule has 1 fully saturated rings. The van der Waals surface area contributed by atoms with Gasteiger partial charge in [-0.15, -0.1) is 0 Å². The summed E-state index contributed by atoms with van der Waals surface area (Å²) in [6.07, 6.45) is 1.54. The average Bonchev–Trinajstić information content (AvgIpc) is 2.58. The number of hydrogen-bond donors (Lipinski definition) is 1. The Morgan fingerprint density at radius 2 is 1.78 bits per heavy atom. The van der Waals surface area contributed by atoms with Crippen molar-refractivity contribution in [2.45, 2.75) is 31.9 Å². The summed E-state index contributed by atoms with van der Waals surface area (Å²) in [5, 5.41) is 11.0. The van der Waals surface area contributed by atoms with E-state index in [0.29, 0.717) is 0 Å². The van der Waals surface area contributed by atoms with Crippen LogP contribution >= 0.6 is 0 Å². The van der Waals surface area contributed by atoms with E-state index in [2.05, 4.69) is 35.2 Å². The van der Waals surface area contributed by atoms with Crippen LogP contribution in [0.5, 0.6) is 5.75 Å². The molecule has 1 aliphatic rings. The van der Waals surface area contributed by atoms with Gasteiger partial charge in [-0.1, -0.05) is 36.4 Å². The second-order valence-electron chi connectivity index (χ2n) is 6.48. The van der Waals surface area contributed by atoms with Gasteiger partial charge in [-0.05, 0) is 48.6 Å². The SMILES string of the molecule is COc1ccc(C2(O)CCN(Cc3ccccc3)CC2)cc1C. The third-order valence-electron chi connectivity index (χ3n) is 4.86. The van der Waals surface area contributed by atoms with Crippen LogP contribution in [0.15, 0.2) is 48.5 Å². The second-order valence-corrected chi connectivity index (χ2v) is 6.48. The molecule has 1 N–H and O–H groups in total. The minimum absolute atomic E-state index is 0.718. The predicted octanol–water partition coefficient (Wildman–Crippen LogP) is 3.49. The number of rotatable bonds is 4. The number of piperidine rings is 1. The van der Waals surface area contributed by atoms with E-state index >= 15 is 0 Å². The number of nitrogens with zero attached hydrogens (tertiary/aromatic N) is 1. The smallest absolute Gasteiger partial charge is 0.121 e. The first-order valence-electron chi connectivity index (χ1n) is 8.24. The van der Waals surface area contributed by atoms with Gasteiger partial charge in [-0.25, -0.2) is 0 Å². The van der Waals surface area contributed by atoms with Crippen LogP contribution in [-0.4, -0.2) is 30.2 Å². The molecule has 2 aromatic rings. The molecule has 0 unspecified atom stereocenters. The summed E-state index contributed by atoms with van der Waals surface area (Å²) in [5.74, 6) is 0.874. The zero-order valence-corrected chi connectivity index (χ0v) is 14.0. The molecule has 0 bridgehead atoms. The molecule has 122 valence electrons. The number of ether oxygens (including phenoxy) is 1. The van der Waals surface area contributed by atoms with Gasteiger partial charge in [0.15, 0.2) is 0 Å². The molecule has 23 heavy (non-hydrogen) atoms. The lowest BCUT2D eigenvalue weighted by Gasteiger charge is -2.38. The zero-order chi connectivity index (χ0) is 16.3. The van der Waals surface area contributed by atoms with Gasteiger partial charge in [0.1, 0.15) is 5.75 Å². The van der Waals surface area contributed by atoms with E-state index in [0.717, 1.165) is 49.4 Å². The maximum atomic E-state index is 11.0. The number of likely N-dealkylation sites (tertiary alicyclic amines) is 1. The van der Waals surface area contributed by atoms with Gasteiger partial charge in [0.05, 0.1) is 12.7 Å². The Morgan fingerprint density at radius 3 is 2.39 bits per heavy atom. The van der Waals surface area contributed by atoms with Gasteiger partial charge in [-0.2, -0.15) is 0 Å². The standard InChI is InChI=1S/C20H25NO2/c1-16-14-18(8-9-19(16)23-2)20(22)10-12-21(13-11-20)15-17-6-4-3-5-7-17/h3-9,14,22H,10-13,15H2,1-2H3. The predicted molar refractivity (Wildman–Crippen MR) is 92.6 cm³/mol. The van der Waals surface area contributed by atoms with Gasteiger partial charge in [0.2, 0.25) is 0 Å². The molecular formula is C20H25NO2. The van der Waals surface area contributed by atoms with Crippen molar-refractivity contribution < 1.29 is 9.84 Å². The number of aliphatic hydroxyl groups is 1. The van der Waals surface area contributed by atoms with E-state index in [-0.39, 0.29) is 0 Å². The highest BCUT2D eigenvalue weighted by Gasteiger charge is 2.34. The first-order chi connectivity index (χ1) is 11.1. The van der Waals surface area contributed by atoms with Crippen molar-refractivity contribution in [3.63, 3.8) is 0 Å². The summed E-state index contributed by atoms with van der Waals surface area (Å²) >= 11 is 0. The highest BCUT2D eigenvalue weighted by Crippen LogP contribution is 2.35. The molecule has 3 nitrogen and oxygen atoms in total. The lowest BCUT2D eigenvalue weighted by molar-refractivity contribution is -0.0278. The van der Waals surface area contributed by atoms with Crippen molar-refractivity contribution in [1.82, 2.24) is 4.90 Å². The van der Waals surface area contributed by atoms with Crippen molar-refractivity contribution in [3.8, 4) is 5.75 Å². The number of methoxy groups -OCH3 is 1. The van der Waals surface area contributed by atoms with E-state index in [1.54, 1.807) is 7.11 Å². The molecule has 0 atom stereocenters. The zero-order valence-electron chi connectivity index (χ0n) is 14.0. The molecule has 0 saturated carbocycles. The van der Waals surface area contributed by atoms with Crippen molar-refractivity contribution in [1.29, 1.82) is 0 Å². The normalized spacial score (nSPS) is 17.9. The van der Waals surface area contributed by atoms with E-state index in [1.165, 1.54) is 5.56 Å². The molecule has 3 heteroatoms. The minimum Gasteiger partial charge on any atom is -0.496 e. The Labute approximate surface area is 138 Å². The monoisotopic (exact) mass is 311 g/mol. The molecule has 1 saturated heterocycles. The maximum absolute atomic E-state index is 11.0. The maximum Gasteiger partial charge on any atom is 0.121 e. The molecule has 0 radical (unpaired) electrons. The number of benzene rings is 2. The lowest BCUT2D eigenvalue weighted by Crippen LogP contribution is -2.42. The fourth-order valence-corrected chi connectivity index (χ4v) is 3.38. The van der Waals surface area contributed by atoms with Crippen LogP contribution in [0, 0.1) is 6.92 Å². The summed E-state index contributed by atoms with van der Waals surface area (Å²) in [5.41, 5.74) is 2.70. The molecule has 1 heterocycles. The third kappa shape index (κ3) is 3.57. The fraction of sp³-hybridized carbons (Fsp3) is 0.400. The summed E-state index contributed by atoms with van der Waals surface area (Å²) < 4.78 is 5.31. The Hall–Kier alpha value is -1.84. The van der Waals surface area contributed by atoms with Crippen molar-refractivity contribution in [2.24, 2.45) is 0 Å². The summed E-state index contributed by atoms with van der Waals surface area (Å²) in [4.78, 5) is 2.42. The molecule has 2 aromatic carbocycles. The molecule has 0 amide bonds. The topological polar surface area (TPSA) is 32.7 Å². The minimum atomic E-state index is -0.718. The number of aryl methyl sites for hydroxylation is 1. The summed E-state index contributed by atoms with van der Waals surface area (Å²) in [6.45, 7) is 4.81. The second kappa shape index (κ2) is 6.73. The van der Waals surface area contributed by atoms with E-state index < -0.39 is 5.60 Å². The molecule has 0 aliphatic carbocycles. The van der Waals surface area contributed by atoms with Gasteiger partial charge in [0, 0.05) is 19.6 Å². The third-order valence-corrected chi connectivity index (χ3v) is 4.86. The largest absolute Gasteiger partial charge is 0.496 e. The molecule has 3 rings (SSSR count). The molecule has 0 spiro atoms. The van der Waals surface area contributed by atoms with Crippen LogP contribution in [0.25, 0.3) is 0 Å². The Kier molecular flexibility index (Phi) is 4.69. The molecular weight excluding hydrogens is 286 g/mol. The van der Waals surface area contributed by atoms with E-state index in [1.807, 2.05) is 25.1 Å². The van der Waals surface area contributed by atoms with Crippen LogP contribution in [0.4, 0.5) is 0 Å². The van der Waals surface area contributed by atoms with Crippen LogP contribution < -0.4 is 4.74 Å². The van der Waals surface area contributed by atoms with Gasteiger partial charge >= 0.3 is 0 Å². The van der Waals surface area contributed by atoms with E-state index in [9.17, 15) is 5.11 Å². The highest BCUT2D eigenvalue weighted by molar-refractivity contribution is 5.38. The van der Waals surface area contributed by atoms with Crippen molar-refractivity contribution in [2.75, 3.05) is 20.2 Å². The summed E-state index contributed by atoms with van der Waals surface area (Å²) in [6, 6.07) is 16.5.